The van der Waals surface area contributed by atoms with Crippen molar-refractivity contribution in [2.24, 2.45) is 0 Å². The van der Waals surface area contributed by atoms with Crippen LogP contribution in [-0.4, -0.2) is 4.98 Å². The Hall–Kier alpha value is -6.31. The molecule has 0 radical (unpaired) electrons. The SMILES string of the molecule is c1ccc2c(c1)-c1cccc3c(-c4cc(-c5ccc6ccncc6c5)cc(-c5ccc6c7c(cccc57)-c5ccccc5-6)c4)ccc-2c13. The fourth-order valence-corrected chi connectivity index (χ4v) is 8.49. The topological polar surface area (TPSA) is 12.9 Å². The predicted octanol–water partition coefficient (Wildman–Crippen LogP) is 12.8. The summed E-state index contributed by atoms with van der Waals surface area (Å²) >= 11 is 0. The molecule has 0 spiro atoms. The molecule has 0 fully saturated rings. The van der Waals surface area contributed by atoms with Gasteiger partial charge in [-0.3, -0.25) is 4.98 Å². The Morgan fingerprint density at radius 1 is 0.292 bits per heavy atom. The van der Waals surface area contributed by atoms with Crippen molar-refractivity contribution in [3.63, 3.8) is 0 Å². The fourth-order valence-electron chi connectivity index (χ4n) is 8.49. The van der Waals surface area contributed by atoms with Crippen molar-refractivity contribution in [1.29, 1.82) is 0 Å². The minimum absolute atomic E-state index is 1.15. The van der Waals surface area contributed by atoms with Crippen LogP contribution in [0.2, 0.25) is 0 Å². The van der Waals surface area contributed by atoms with Gasteiger partial charge in [-0.15, -0.1) is 0 Å². The molecule has 0 saturated carbocycles. The molecule has 0 unspecified atom stereocenters. The monoisotopic (exact) mass is 605 g/mol. The summed E-state index contributed by atoms with van der Waals surface area (Å²) in [5.74, 6) is 0. The average Bonchev–Trinajstić information content (AvgIpc) is 3.66. The highest BCUT2D eigenvalue weighted by atomic mass is 14.6. The smallest absolute Gasteiger partial charge is 0.0346 e. The molecule has 48 heavy (non-hydrogen) atoms. The summed E-state index contributed by atoms with van der Waals surface area (Å²) < 4.78 is 0. The molecule has 2 aliphatic rings. The number of benzene rings is 8. The van der Waals surface area contributed by atoms with Gasteiger partial charge in [0.25, 0.3) is 0 Å². The van der Waals surface area contributed by atoms with Crippen molar-refractivity contribution < 1.29 is 0 Å². The lowest BCUT2D eigenvalue weighted by molar-refractivity contribution is 1.36. The van der Waals surface area contributed by atoms with Crippen molar-refractivity contribution in [3.8, 4) is 77.9 Å². The molecule has 0 saturated heterocycles. The van der Waals surface area contributed by atoms with E-state index >= 15 is 0 Å². The molecule has 1 heteroatoms. The minimum atomic E-state index is 1.15. The van der Waals surface area contributed by atoms with Crippen LogP contribution in [0.4, 0.5) is 0 Å². The van der Waals surface area contributed by atoms with Crippen LogP contribution in [0.3, 0.4) is 0 Å². The second-order valence-electron chi connectivity index (χ2n) is 13.1. The first-order valence-corrected chi connectivity index (χ1v) is 16.6. The van der Waals surface area contributed by atoms with Gasteiger partial charge in [-0.1, -0.05) is 121 Å². The number of aromatic nitrogens is 1. The molecule has 0 N–H and O–H groups in total. The third-order valence-electron chi connectivity index (χ3n) is 10.6. The predicted molar refractivity (Wildman–Crippen MR) is 202 cm³/mol. The maximum Gasteiger partial charge on any atom is 0.0346 e. The van der Waals surface area contributed by atoms with Gasteiger partial charge in [0.2, 0.25) is 0 Å². The van der Waals surface area contributed by atoms with Crippen LogP contribution in [0.5, 0.6) is 0 Å². The number of fused-ring (bicyclic) bond motifs is 7. The van der Waals surface area contributed by atoms with E-state index in [1.807, 2.05) is 12.4 Å². The molecule has 1 heterocycles. The van der Waals surface area contributed by atoms with E-state index in [-0.39, 0.29) is 0 Å². The molecule has 0 bridgehead atoms. The first-order valence-electron chi connectivity index (χ1n) is 16.6. The number of nitrogens with zero attached hydrogens (tertiary/aromatic N) is 1. The zero-order valence-corrected chi connectivity index (χ0v) is 26.0. The lowest BCUT2D eigenvalue weighted by Gasteiger charge is -2.16. The highest BCUT2D eigenvalue weighted by molar-refractivity contribution is 6.20. The zero-order valence-electron chi connectivity index (χ0n) is 26.0. The summed E-state index contributed by atoms with van der Waals surface area (Å²) in [4.78, 5) is 4.43. The van der Waals surface area contributed by atoms with E-state index in [4.69, 9.17) is 0 Å². The van der Waals surface area contributed by atoms with Crippen LogP contribution in [0.1, 0.15) is 0 Å². The highest BCUT2D eigenvalue weighted by Crippen LogP contribution is 2.51. The van der Waals surface area contributed by atoms with Gasteiger partial charge >= 0.3 is 0 Å². The quantitative estimate of drug-likeness (QED) is 0.195. The number of pyridine rings is 1. The van der Waals surface area contributed by atoms with E-state index in [0.717, 1.165) is 5.39 Å². The van der Waals surface area contributed by atoms with Crippen molar-refractivity contribution in [1.82, 2.24) is 4.98 Å². The number of rotatable bonds is 3. The molecular weight excluding hydrogens is 579 g/mol. The summed E-state index contributed by atoms with van der Waals surface area (Å²) in [5, 5.41) is 7.63. The van der Waals surface area contributed by atoms with Gasteiger partial charge < -0.3 is 0 Å². The van der Waals surface area contributed by atoms with E-state index in [2.05, 4.69) is 157 Å². The first-order chi connectivity index (χ1) is 23.8. The molecule has 11 rings (SSSR count). The highest BCUT2D eigenvalue weighted by Gasteiger charge is 2.24. The summed E-state index contributed by atoms with van der Waals surface area (Å²) in [7, 11) is 0. The van der Waals surface area contributed by atoms with Gasteiger partial charge in [-0.25, -0.2) is 0 Å². The summed E-state index contributed by atoms with van der Waals surface area (Å²) in [6.07, 6.45) is 3.83. The van der Waals surface area contributed by atoms with Crippen molar-refractivity contribution in [2.45, 2.75) is 0 Å². The molecule has 0 aliphatic heterocycles. The fraction of sp³-hybridized carbons (Fsp3) is 0. The zero-order chi connectivity index (χ0) is 31.3. The normalized spacial score (nSPS) is 12.2. The summed E-state index contributed by atoms with van der Waals surface area (Å²) in [6.45, 7) is 0. The van der Waals surface area contributed by atoms with Crippen molar-refractivity contribution in [2.75, 3.05) is 0 Å². The Morgan fingerprint density at radius 3 is 1.33 bits per heavy atom. The third kappa shape index (κ3) is 3.53. The van der Waals surface area contributed by atoms with Crippen LogP contribution in [0.15, 0.2) is 164 Å². The summed E-state index contributed by atoms with van der Waals surface area (Å²) in [5.41, 5.74) is 17.9. The Labute approximate surface area is 278 Å². The molecule has 0 amide bonds. The molecular formula is C47H27N. The van der Waals surface area contributed by atoms with Gasteiger partial charge in [-0.05, 0) is 135 Å². The van der Waals surface area contributed by atoms with Crippen LogP contribution in [0.25, 0.3) is 110 Å². The van der Waals surface area contributed by atoms with Gasteiger partial charge in [-0.2, -0.15) is 0 Å². The van der Waals surface area contributed by atoms with Gasteiger partial charge in [0.05, 0.1) is 0 Å². The van der Waals surface area contributed by atoms with Crippen LogP contribution in [0, 0.1) is 0 Å². The van der Waals surface area contributed by atoms with Crippen LogP contribution < -0.4 is 0 Å². The third-order valence-corrected chi connectivity index (χ3v) is 10.6. The Morgan fingerprint density at radius 2 is 0.771 bits per heavy atom. The molecule has 9 aromatic rings. The molecule has 8 aromatic carbocycles. The lowest BCUT2D eigenvalue weighted by Crippen LogP contribution is -1.90. The van der Waals surface area contributed by atoms with Crippen LogP contribution >= 0.6 is 0 Å². The summed E-state index contributed by atoms with van der Waals surface area (Å²) in [6, 6.07) is 56.5. The average molecular weight is 606 g/mol. The Kier molecular flexibility index (Phi) is 5.17. The van der Waals surface area contributed by atoms with E-state index in [1.54, 1.807) is 0 Å². The Bertz CT molecular complexity index is 2630. The standard InChI is InChI=1S/C47H27N/c1-3-9-38-36(7-1)42-13-5-11-40-34(17-19-44(38)46(40)42)31-24-30(29-16-15-28-21-22-48-27-33(28)23-29)25-32(26-31)35-18-20-45-39-10-4-2-8-37(39)43-14-6-12-41(35)47(43)45/h1-27H. The van der Waals surface area contributed by atoms with E-state index < -0.39 is 0 Å². The number of hydrogen-bond donors (Lipinski definition) is 0. The largest absolute Gasteiger partial charge is 0.264 e. The lowest BCUT2D eigenvalue weighted by atomic mass is 9.88. The Balaban J connectivity index is 1.18. The van der Waals surface area contributed by atoms with E-state index in [9.17, 15) is 0 Å². The first kappa shape index (κ1) is 25.8. The van der Waals surface area contributed by atoms with Gasteiger partial charge in [0, 0.05) is 17.8 Å². The van der Waals surface area contributed by atoms with Gasteiger partial charge in [0.15, 0.2) is 0 Å². The van der Waals surface area contributed by atoms with Crippen LogP contribution in [-0.2, 0) is 0 Å². The van der Waals surface area contributed by atoms with Crippen molar-refractivity contribution >= 4 is 32.3 Å². The molecule has 2 aliphatic carbocycles. The molecule has 1 aromatic heterocycles. The molecule has 0 atom stereocenters. The maximum atomic E-state index is 4.43. The van der Waals surface area contributed by atoms with E-state index in [1.165, 1.54) is 105 Å². The van der Waals surface area contributed by atoms with Crippen molar-refractivity contribution in [3.05, 3.63) is 164 Å². The number of hydrogen-bond acceptors (Lipinski definition) is 1. The minimum Gasteiger partial charge on any atom is -0.264 e. The van der Waals surface area contributed by atoms with Gasteiger partial charge in [0.1, 0.15) is 0 Å². The maximum absolute atomic E-state index is 4.43. The van der Waals surface area contributed by atoms with E-state index in [0.29, 0.717) is 0 Å². The molecule has 220 valence electrons. The second kappa shape index (κ2) is 9.61. The molecule has 1 nitrogen and oxygen atoms in total. The second-order valence-corrected chi connectivity index (χ2v) is 13.1.